The molecule has 0 spiro atoms. The van der Waals surface area contributed by atoms with E-state index in [1.54, 1.807) is 0 Å². The Kier molecular flexibility index (Phi) is 2.69. The molecule has 5 heteroatoms. The van der Waals surface area contributed by atoms with Crippen LogP contribution in [0, 0.1) is 5.41 Å². The van der Waals surface area contributed by atoms with E-state index in [1.165, 1.54) is 4.90 Å². The molecule has 5 nitrogen and oxygen atoms in total. The van der Waals surface area contributed by atoms with Gasteiger partial charge in [-0.1, -0.05) is 19.8 Å². The van der Waals surface area contributed by atoms with Gasteiger partial charge >= 0.3 is 0 Å². The minimum atomic E-state index is -0.383. The lowest BCUT2D eigenvalue weighted by Gasteiger charge is -2.32. The quantitative estimate of drug-likeness (QED) is 0.640. The van der Waals surface area contributed by atoms with Gasteiger partial charge in [0.2, 0.25) is 17.7 Å². The second kappa shape index (κ2) is 3.88. The first-order chi connectivity index (χ1) is 7.51. The molecule has 0 atom stereocenters. The molecule has 0 unspecified atom stereocenters. The highest BCUT2D eigenvalue weighted by atomic mass is 16.2. The number of amides is 3. The maximum absolute atomic E-state index is 12.2. The van der Waals surface area contributed by atoms with E-state index < -0.39 is 0 Å². The van der Waals surface area contributed by atoms with Crippen molar-refractivity contribution in [3.63, 3.8) is 0 Å². The topological polar surface area (TPSA) is 66.5 Å². The lowest BCUT2D eigenvalue weighted by molar-refractivity contribution is -0.150. The molecule has 1 aliphatic carbocycles. The van der Waals surface area contributed by atoms with Crippen LogP contribution >= 0.6 is 0 Å². The Bertz CT molecular complexity index is 329. The third-order valence-corrected chi connectivity index (χ3v) is 3.46. The van der Waals surface area contributed by atoms with E-state index in [9.17, 15) is 14.4 Å². The van der Waals surface area contributed by atoms with E-state index in [2.05, 4.69) is 5.32 Å². The highest BCUT2D eigenvalue weighted by molar-refractivity contribution is 6.03. The lowest BCUT2D eigenvalue weighted by Crippen LogP contribution is -2.56. The van der Waals surface area contributed by atoms with Crippen LogP contribution in [0.1, 0.15) is 32.6 Å². The number of hydrogen-bond acceptors (Lipinski definition) is 3. The van der Waals surface area contributed by atoms with Gasteiger partial charge < -0.3 is 4.90 Å². The average Bonchev–Trinajstić information content (AvgIpc) is 2.64. The molecule has 0 bridgehead atoms. The molecular formula is C11H16N2O3. The summed E-state index contributed by atoms with van der Waals surface area (Å²) in [4.78, 5) is 36.0. The van der Waals surface area contributed by atoms with Gasteiger partial charge in [-0.05, 0) is 12.8 Å². The zero-order chi connectivity index (χ0) is 11.8. The number of carbonyl (C=O) groups excluding carboxylic acids is 3. The van der Waals surface area contributed by atoms with E-state index in [4.69, 9.17) is 0 Å². The van der Waals surface area contributed by atoms with Crippen molar-refractivity contribution >= 4 is 17.7 Å². The van der Waals surface area contributed by atoms with E-state index in [0.717, 1.165) is 25.7 Å². The Hall–Kier alpha value is -1.39. The summed E-state index contributed by atoms with van der Waals surface area (Å²) < 4.78 is 0. The molecule has 1 N–H and O–H groups in total. The molecule has 88 valence electrons. The highest BCUT2D eigenvalue weighted by Crippen LogP contribution is 2.39. The standard InChI is InChI=1S/C11H16N2O3/c1-11(4-2-3-5-11)10(16)13-6-8(14)12-9(15)7-13/h2-7H2,1H3,(H,12,14,15). The summed E-state index contributed by atoms with van der Waals surface area (Å²) in [5.41, 5.74) is -0.363. The van der Waals surface area contributed by atoms with Crippen LogP contribution in [0.4, 0.5) is 0 Å². The van der Waals surface area contributed by atoms with E-state index in [0.29, 0.717) is 0 Å². The van der Waals surface area contributed by atoms with Crippen molar-refractivity contribution in [2.45, 2.75) is 32.6 Å². The molecule has 0 aromatic rings. The maximum Gasteiger partial charge on any atom is 0.246 e. The predicted molar refractivity (Wildman–Crippen MR) is 56.3 cm³/mol. The molecule has 0 radical (unpaired) electrons. The summed E-state index contributed by atoms with van der Waals surface area (Å²) in [6, 6.07) is 0. The summed E-state index contributed by atoms with van der Waals surface area (Å²) in [6.45, 7) is 1.96. The molecule has 2 fully saturated rings. The Morgan fingerprint density at radius 2 is 1.69 bits per heavy atom. The van der Waals surface area contributed by atoms with Crippen molar-refractivity contribution < 1.29 is 14.4 Å². The number of imide groups is 1. The minimum Gasteiger partial charge on any atom is -0.324 e. The van der Waals surface area contributed by atoms with Crippen LogP contribution in [0.5, 0.6) is 0 Å². The average molecular weight is 224 g/mol. The van der Waals surface area contributed by atoms with Crippen LogP contribution in [0.2, 0.25) is 0 Å². The molecule has 16 heavy (non-hydrogen) atoms. The second-order valence-corrected chi connectivity index (χ2v) is 4.90. The van der Waals surface area contributed by atoms with Gasteiger partial charge in [0.15, 0.2) is 0 Å². The van der Waals surface area contributed by atoms with Crippen LogP contribution in [-0.4, -0.2) is 35.7 Å². The van der Waals surface area contributed by atoms with Crippen molar-refractivity contribution in [3.05, 3.63) is 0 Å². The summed E-state index contributed by atoms with van der Waals surface area (Å²) >= 11 is 0. The smallest absolute Gasteiger partial charge is 0.246 e. The SMILES string of the molecule is CC1(C(=O)N2CC(=O)NC(=O)C2)CCCC1. The minimum absolute atomic E-state index is 0.0141. The first-order valence-electron chi connectivity index (χ1n) is 5.63. The fourth-order valence-corrected chi connectivity index (χ4v) is 2.53. The van der Waals surface area contributed by atoms with Crippen molar-refractivity contribution in [2.75, 3.05) is 13.1 Å². The first-order valence-corrected chi connectivity index (χ1v) is 5.63. The molecule has 1 saturated heterocycles. The lowest BCUT2D eigenvalue weighted by atomic mass is 9.87. The first kappa shape index (κ1) is 11.1. The number of rotatable bonds is 1. The van der Waals surface area contributed by atoms with Crippen LogP contribution in [0.3, 0.4) is 0 Å². The Morgan fingerprint density at radius 1 is 1.19 bits per heavy atom. The molecule has 0 aromatic heterocycles. The van der Waals surface area contributed by atoms with Crippen LogP contribution in [0.15, 0.2) is 0 Å². The summed E-state index contributed by atoms with van der Waals surface area (Å²) in [5.74, 6) is -0.814. The largest absolute Gasteiger partial charge is 0.324 e. The van der Waals surface area contributed by atoms with Crippen LogP contribution in [0.25, 0.3) is 0 Å². The third-order valence-electron chi connectivity index (χ3n) is 3.46. The number of carbonyl (C=O) groups is 3. The number of nitrogens with zero attached hydrogens (tertiary/aromatic N) is 1. The van der Waals surface area contributed by atoms with Gasteiger partial charge in [-0.25, -0.2) is 0 Å². The molecule has 1 saturated carbocycles. The number of piperazine rings is 1. The molecule has 2 aliphatic rings. The second-order valence-electron chi connectivity index (χ2n) is 4.90. The van der Waals surface area contributed by atoms with E-state index in [1.807, 2.05) is 6.92 Å². The number of hydrogen-bond donors (Lipinski definition) is 1. The monoisotopic (exact) mass is 224 g/mol. The van der Waals surface area contributed by atoms with Crippen molar-refractivity contribution in [1.82, 2.24) is 10.2 Å². The van der Waals surface area contributed by atoms with Crippen molar-refractivity contribution in [2.24, 2.45) is 5.41 Å². The van der Waals surface area contributed by atoms with E-state index >= 15 is 0 Å². The Morgan fingerprint density at radius 3 is 2.19 bits per heavy atom. The normalized spacial score (nSPS) is 24.4. The van der Waals surface area contributed by atoms with Crippen molar-refractivity contribution in [1.29, 1.82) is 0 Å². The van der Waals surface area contributed by atoms with E-state index in [-0.39, 0.29) is 36.2 Å². The Balaban J connectivity index is 2.09. The van der Waals surface area contributed by atoms with Crippen LogP contribution in [-0.2, 0) is 14.4 Å². The molecule has 3 amide bonds. The molecular weight excluding hydrogens is 208 g/mol. The fourth-order valence-electron chi connectivity index (χ4n) is 2.53. The summed E-state index contributed by atoms with van der Waals surface area (Å²) in [7, 11) is 0. The fraction of sp³-hybridized carbons (Fsp3) is 0.727. The zero-order valence-electron chi connectivity index (χ0n) is 9.41. The van der Waals surface area contributed by atoms with Gasteiger partial charge in [-0.3, -0.25) is 19.7 Å². The molecule has 0 aromatic carbocycles. The number of nitrogens with one attached hydrogen (secondary N) is 1. The zero-order valence-corrected chi connectivity index (χ0v) is 9.41. The van der Waals surface area contributed by atoms with Gasteiger partial charge in [0.25, 0.3) is 0 Å². The van der Waals surface area contributed by atoms with Gasteiger partial charge in [0.1, 0.15) is 13.1 Å². The third kappa shape index (κ3) is 1.94. The maximum atomic E-state index is 12.2. The summed E-state index contributed by atoms with van der Waals surface area (Å²) in [5, 5.41) is 2.20. The van der Waals surface area contributed by atoms with Crippen LogP contribution < -0.4 is 5.32 Å². The Labute approximate surface area is 94.2 Å². The predicted octanol–water partition coefficient (Wildman–Crippen LogP) is 0.0517. The van der Waals surface area contributed by atoms with Gasteiger partial charge in [-0.15, -0.1) is 0 Å². The van der Waals surface area contributed by atoms with Gasteiger partial charge in [0, 0.05) is 5.41 Å². The summed E-state index contributed by atoms with van der Waals surface area (Å²) in [6.07, 6.45) is 3.82. The van der Waals surface area contributed by atoms with Gasteiger partial charge in [-0.2, -0.15) is 0 Å². The van der Waals surface area contributed by atoms with Gasteiger partial charge in [0.05, 0.1) is 0 Å². The molecule has 2 rings (SSSR count). The molecule has 1 aliphatic heterocycles. The van der Waals surface area contributed by atoms with Crippen molar-refractivity contribution in [3.8, 4) is 0 Å². The molecule has 1 heterocycles. The highest BCUT2D eigenvalue weighted by Gasteiger charge is 2.41.